The summed E-state index contributed by atoms with van der Waals surface area (Å²) in [6, 6.07) is 3.13. The third-order valence-corrected chi connectivity index (χ3v) is 5.21. The quantitative estimate of drug-likeness (QED) is 0.431. The van der Waals surface area contributed by atoms with Gasteiger partial charge in [-0.1, -0.05) is 29.4 Å². The molecule has 1 atom stereocenters. The van der Waals surface area contributed by atoms with Gasteiger partial charge >= 0.3 is 17.7 Å². The minimum absolute atomic E-state index is 0.0276. The molecule has 13 heteroatoms. The zero-order valence-corrected chi connectivity index (χ0v) is 16.1. The highest BCUT2D eigenvalue weighted by Crippen LogP contribution is 2.24. The summed E-state index contributed by atoms with van der Waals surface area (Å²) < 4.78 is 23.3. The van der Waals surface area contributed by atoms with E-state index in [9.17, 15) is 18.6 Å². The van der Waals surface area contributed by atoms with E-state index in [1.54, 1.807) is 6.26 Å². The lowest BCUT2D eigenvalue weighted by Gasteiger charge is -2.09. The summed E-state index contributed by atoms with van der Waals surface area (Å²) in [5.41, 5.74) is 1.04. The van der Waals surface area contributed by atoms with Crippen LogP contribution in [0.1, 0.15) is 10.4 Å². The van der Waals surface area contributed by atoms with Gasteiger partial charge in [-0.3, -0.25) is 4.57 Å². The van der Waals surface area contributed by atoms with Crippen molar-refractivity contribution in [2.75, 3.05) is 13.4 Å². The summed E-state index contributed by atoms with van der Waals surface area (Å²) >= 11 is 4.77. The van der Waals surface area contributed by atoms with E-state index in [1.807, 2.05) is 5.48 Å². The normalized spacial score (nSPS) is 11.8. The highest BCUT2D eigenvalue weighted by molar-refractivity contribution is 7.98. The molecule has 1 unspecified atom stereocenters. The minimum Gasteiger partial charge on any atom is -0.465 e. The summed E-state index contributed by atoms with van der Waals surface area (Å²) in [6.45, 7) is 0. The molecule has 1 aromatic heterocycles. The number of methoxy groups -OCH3 is 1. The molecule has 1 heterocycles. The number of benzene rings is 1. The fraction of sp³-hybridized carbons (Fsp3) is 0.231. The third-order valence-electron chi connectivity index (χ3n) is 3.06. The fourth-order valence-electron chi connectivity index (χ4n) is 1.84. The monoisotopic (exact) mass is 420 g/mol. The van der Waals surface area contributed by atoms with Gasteiger partial charge in [-0.25, -0.2) is 18.6 Å². The maximum atomic E-state index is 12.3. The van der Waals surface area contributed by atoms with Crippen molar-refractivity contribution in [3.8, 4) is 0 Å². The number of aromatic nitrogens is 3. The molecule has 2 rings (SSSR count). The van der Waals surface area contributed by atoms with Crippen molar-refractivity contribution in [3.05, 3.63) is 39.3 Å². The second-order valence-electron chi connectivity index (χ2n) is 4.57. The molecule has 2 aromatic rings. The zero-order chi connectivity index (χ0) is 19.4. The molecule has 0 spiro atoms. The lowest BCUT2D eigenvalue weighted by atomic mass is 10.2. The summed E-state index contributed by atoms with van der Waals surface area (Å²) in [4.78, 5) is 35.5. The van der Waals surface area contributed by atoms with Crippen LogP contribution >= 0.6 is 23.4 Å². The largest absolute Gasteiger partial charge is 0.465 e. The number of halogens is 1. The number of thioether (sulfide) groups is 1. The van der Waals surface area contributed by atoms with Crippen molar-refractivity contribution >= 4 is 46.4 Å². The zero-order valence-electron chi connectivity index (χ0n) is 13.7. The molecule has 0 saturated heterocycles. The number of amides is 1. The van der Waals surface area contributed by atoms with Gasteiger partial charge in [0.05, 0.1) is 17.7 Å². The Balaban J connectivity index is 2.21. The molecule has 1 N–H and O–H groups in total. The average molecular weight is 421 g/mol. The lowest BCUT2D eigenvalue weighted by molar-refractivity contribution is 0.0596. The molecule has 0 radical (unpaired) electrons. The van der Waals surface area contributed by atoms with Crippen LogP contribution in [0, 0.1) is 0 Å². The first-order valence-electron chi connectivity index (χ1n) is 6.78. The van der Waals surface area contributed by atoms with Crippen LogP contribution in [0.25, 0.3) is 0 Å². The predicted octanol–water partition coefficient (Wildman–Crippen LogP) is 0.956. The molecule has 140 valence electrons. The van der Waals surface area contributed by atoms with E-state index in [0.717, 1.165) is 23.4 Å². The molecule has 0 saturated carbocycles. The molecule has 0 fully saturated rings. The van der Waals surface area contributed by atoms with Crippen molar-refractivity contribution in [2.45, 2.75) is 10.1 Å². The Labute approximate surface area is 159 Å². The molecule has 0 aliphatic heterocycles. The van der Waals surface area contributed by atoms with Crippen molar-refractivity contribution in [1.82, 2.24) is 19.8 Å². The highest BCUT2D eigenvalue weighted by Gasteiger charge is 2.23. The number of carbonyl (C=O) groups excluding carboxylic acids is 2. The van der Waals surface area contributed by atoms with Crippen LogP contribution < -0.4 is 11.2 Å². The van der Waals surface area contributed by atoms with Crippen LogP contribution in [0.15, 0.2) is 33.0 Å². The van der Waals surface area contributed by atoms with E-state index >= 15 is 0 Å². The molecule has 0 bridgehead atoms. The van der Waals surface area contributed by atoms with E-state index in [0.29, 0.717) is 9.84 Å². The van der Waals surface area contributed by atoms with Gasteiger partial charge < -0.3 is 4.74 Å². The van der Waals surface area contributed by atoms with Crippen LogP contribution in [-0.4, -0.2) is 43.9 Å². The second-order valence-corrected chi connectivity index (χ2v) is 6.80. The first-order valence-corrected chi connectivity index (χ1v) is 9.45. The average Bonchev–Trinajstić information content (AvgIpc) is 2.93. The topological polar surface area (TPSA) is 122 Å². The summed E-state index contributed by atoms with van der Waals surface area (Å²) in [5.74, 6) is -0.781. The van der Waals surface area contributed by atoms with Crippen molar-refractivity contribution in [2.24, 2.45) is 7.05 Å². The number of esters is 1. The van der Waals surface area contributed by atoms with E-state index in [4.69, 9.17) is 15.9 Å². The summed E-state index contributed by atoms with van der Waals surface area (Å²) in [7, 11) is 2.59. The SMILES string of the molecule is COC(=O)c1cccc(Cl)c1S(=O)ONC(=O)n1nc(SC)n(C)c1=O. The van der Waals surface area contributed by atoms with Crippen LogP contribution in [0.4, 0.5) is 4.79 Å². The number of hydroxylamine groups is 1. The molecule has 10 nitrogen and oxygen atoms in total. The minimum atomic E-state index is -2.35. The van der Waals surface area contributed by atoms with Gasteiger partial charge in [0.1, 0.15) is 4.90 Å². The summed E-state index contributed by atoms with van der Waals surface area (Å²) in [5, 5.41) is 4.06. The molecular formula is C13H13ClN4O6S2. The number of carbonyl (C=O) groups is 2. The Hall–Kier alpha value is -2.15. The number of rotatable bonds is 5. The number of ether oxygens (including phenoxy) is 1. The van der Waals surface area contributed by atoms with Crippen LogP contribution in [-0.2, 0) is 27.1 Å². The van der Waals surface area contributed by atoms with E-state index < -0.39 is 28.8 Å². The molecular weight excluding hydrogens is 408 g/mol. The van der Waals surface area contributed by atoms with Gasteiger partial charge in [0.25, 0.3) is 0 Å². The van der Waals surface area contributed by atoms with Gasteiger partial charge in [0, 0.05) is 7.05 Å². The molecule has 0 aliphatic rings. The maximum Gasteiger partial charge on any atom is 0.371 e. The smallest absolute Gasteiger partial charge is 0.371 e. The fourth-order valence-corrected chi connectivity index (χ4v) is 3.50. The molecule has 1 aromatic carbocycles. The Morgan fingerprint density at radius 1 is 1.38 bits per heavy atom. The van der Waals surface area contributed by atoms with Gasteiger partial charge in [-0.15, -0.1) is 9.78 Å². The van der Waals surface area contributed by atoms with E-state index in [2.05, 4.69) is 9.84 Å². The van der Waals surface area contributed by atoms with E-state index in [1.165, 1.54) is 25.2 Å². The van der Waals surface area contributed by atoms with Crippen molar-refractivity contribution < 1.29 is 22.8 Å². The number of nitrogens with zero attached hydrogens (tertiary/aromatic N) is 3. The highest BCUT2D eigenvalue weighted by atomic mass is 35.5. The lowest BCUT2D eigenvalue weighted by Crippen LogP contribution is -2.37. The van der Waals surface area contributed by atoms with Crippen LogP contribution in [0.2, 0.25) is 5.02 Å². The Bertz CT molecular complexity index is 941. The first-order chi connectivity index (χ1) is 12.3. The first kappa shape index (κ1) is 20.2. The maximum absolute atomic E-state index is 12.3. The molecule has 26 heavy (non-hydrogen) atoms. The van der Waals surface area contributed by atoms with Crippen molar-refractivity contribution in [1.29, 1.82) is 0 Å². The van der Waals surface area contributed by atoms with Crippen LogP contribution in [0.3, 0.4) is 0 Å². The van der Waals surface area contributed by atoms with Gasteiger partial charge in [-0.2, -0.15) is 9.76 Å². The second kappa shape index (κ2) is 8.49. The van der Waals surface area contributed by atoms with Gasteiger partial charge in [0.15, 0.2) is 5.16 Å². The Morgan fingerprint density at radius 2 is 2.08 bits per heavy atom. The molecule has 0 aliphatic carbocycles. The Morgan fingerprint density at radius 3 is 2.65 bits per heavy atom. The van der Waals surface area contributed by atoms with Crippen LogP contribution in [0.5, 0.6) is 0 Å². The van der Waals surface area contributed by atoms with Crippen molar-refractivity contribution in [3.63, 3.8) is 0 Å². The van der Waals surface area contributed by atoms with Gasteiger partial charge in [-0.05, 0) is 18.4 Å². The number of hydrogen-bond donors (Lipinski definition) is 1. The van der Waals surface area contributed by atoms with E-state index in [-0.39, 0.29) is 15.5 Å². The van der Waals surface area contributed by atoms with Gasteiger partial charge in [0.2, 0.25) is 11.1 Å². The number of nitrogens with one attached hydrogen (secondary N) is 1. The third kappa shape index (κ3) is 3.98. The Kier molecular flexibility index (Phi) is 6.58. The summed E-state index contributed by atoms with van der Waals surface area (Å²) in [6.07, 6.45) is 1.68. The number of hydrogen-bond acceptors (Lipinski definition) is 8. The standard InChI is InChI=1S/C13H13ClN4O6S2/c1-17-12(25-3)15-18(13(17)21)11(20)16-24-26(22)9-7(10(19)23-2)5-4-6-8(9)14/h4-6H,1-3H3,(H,16,20). The molecule has 1 amide bonds. The predicted molar refractivity (Wildman–Crippen MR) is 93.5 cm³/mol.